The Kier molecular flexibility index (Phi) is 3.67. The maximum atomic E-state index is 2.51. The predicted molar refractivity (Wildman–Crippen MR) is 62.3 cm³/mol. The number of hydrogen-bond acceptors (Lipinski definition) is 0. The van der Waals surface area contributed by atoms with Gasteiger partial charge in [0.15, 0.2) is 0 Å². The quantitative estimate of drug-likeness (QED) is 0.568. The summed E-state index contributed by atoms with van der Waals surface area (Å²) in [6, 6.07) is 0. The lowest BCUT2D eigenvalue weighted by Gasteiger charge is -2.28. The van der Waals surface area contributed by atoms with Crippen LogP contribution in [0.2, 0.25) is 0 Å². The van der Waals surface area contributed by atoms with E-state index in [1.165, 1.54) is 57.8 Å². The first-order valence-electron chi connectivity index (χ1n) is 6.56. The van der Waals surface area contributed by atoms with E-state index in [0.717, 1.165) is 11.8 Å². The van der Waals surface area contributed by atoms with E-state index in [-0.39, 0.29) is 0 Å². The fourth-order valence-electron chi connectivity index (χ4n) is 3.14. The van der Waals surface area contributed by atoms with E-state index in [0.29, 0.717) is 0 Å². The van der Waals surface area contributed by atoms with Gasteiger partial charge in [0.25, 0.3) is 0 Å². The third-order valence-corrected chi connectivity index (χ3v) is 4.23. The highest BCUT2D eigenvalue weighted by Gasteiger charge is 2.21. The van der Waals surface area contributed by atoms with Gasteiger partial charge in [0, 0.05) is 0 Å². The molecule has 2 rings (SSSR count). The minimum Gasteiger partial charge on any atom is -0.0853 e. The molecule has 1 fully saturated rings. The molecule has 0 unspecified atom stereocenters. The summed E-state index contributed by atoms with van der Waals surface area (Å²) < 4.78 is 0. The molecule has 2 aliphatic rings. The molecule has 2 aliphatic carbocycles. The van der Waals surface area contributed by atoms with E-state index in [2.05, 4.69) is 13.0 Å². The van der Waals surface area contributed by atoms with Gasteiger partial charge in [-0.2, -0.15) is 0 Å². The van der Waals surface area contributed by atoms with Gasteiger partial charge in [0.05, 0.1) is 0 Å². The molecule has 0 aromatic heterocycles. The molecule has 0 aliphatic heterocycles. The summed E-state index contributed by atoms with van der Waals surface area (Å²) in [5.74, 6) is 2.10. The third-order valence-electron chi connectivity index (χ3n) is 4.23. The van der Waals surface area contributed by atoms with Gasteiger partial charge in [-0.15, -0.1) is 0 Å². The molecule has 0 atom stereocenters. The normalized spacial score (nSPS) is 33.1. The van der Waals surface area contributed by atoms with Crippen LogP contribution in [0, 0.1) is 11.8 Å². The van der Waals surface area contributed by atoms with Crippen molar-refractivity contribution in [3.05, 3.63) is 11.6 Å². The zero-order valence-electron chi connectivity index (χ0n) is 9.60. The molecule has 0 aromatic carbocycles. The van der Waals surface area contributed by atoms with Crippen LogP contribution in [0.5, 0.6) is 0 Å². The Morgan fingerprint density at radius 2 is 1.86 bits per heavy atom. The molecule has 1 saturated carbocycles. The van der Waals surface area contributed by atoms with Gasteiger partial charge in [-0.25, -0.2) is 0 Å². The van der Waals surface area contributed by atoms with Crippen LogP contribution < -0.4 is 0 Å². The minimum atomic E-state index is 1.04. The van der Waals surface area contributed by atoms with E-state index in [1.54, 1.807) is 5.57 Å². The number of allylic oxidation sites excluding steroid dienone is 2. The molecular weight excluding hydrogens is 168 g/mol. The van der Waals surface area contributed by atoms with Crippen LogP contribution in [0.1, 0.15) is 64.7 Å². The molecule has 80 valence electrons. The van der Waals surface area contributed by atoms with E-state index < -0.39 is 0 Å². The van der Waals surface area contributed by atoms with Crippen molar-refractivity contribution in [3.63, 3.8) is 0 Å². The van der Waals surface area contributed by atoms with Crippen LogP contribution in [0.25, 0.3) is 0 Å². The summed E-state index contributed by atoms with van der Waals surface area (Å²) in [6.45, 7) is 2.35. The summed E-state index contributed by atoms with van der Waals surface area (Å²) in [5.41, 5.74) is 1.78. The highest BCUT2D eigenvalue weighted by atomic mass is 14.3. The van der Waals surface area contributed by atoms with Crippen molar-refractivity contribution in [1.82, 2.24) is 0 Å². The summed E-state index contributed by atoms with van der Waals surface area (Å²) >= 11 is 0. The Labute approximate surface area is 88.8 Å². The zero-order valence-corrected chi connectivity index (χ0v) is 9.60. The Morgan fingerprint density at radius 3 is 2.43 bits per heavy atom. The molecule has 14 heavy (non-hydrogen) atoms. The monoisotopic (exact) mass is 192 g/mol. The Morgan fingerprint density at radius 1 is 1.14 bits per heavy atom. The molecule has 0 spiro atoms. The first kappa shape index (κ1) is 10.3. The standard InChI is InChI=1S/C14H24/c1-2-12-7-9-14(10-8-12)11-13-5-3-4-6-13/h5,12,14H,2-4,6-11H2,1H3. The number of hydrogen-bond donors (Lipinski definition) is 0. The Hall–Kier alpha value is -0.260. The number of rotatable bonds is 3. The van der Waals surface area contributed by atoms with E-state index in [9.17, 15) is 0 Å². The predicted octanol–water partition coefficient (Wildman–Crippen LogP) is 4.70. The molecule has 0 amide bonds. The second-order valence-corrected chi connectivity index (χ2v) is 5.25. The summed E-state index contributed by atoms with van der Waals surface area (Å²) in [6.07, 6.45) is 15.6. The maximum absolute atomic E-state index is 2.51. The average Bonchev–Trinajstić information content (AvgIpc) is 2.72. The highest BCUT2D eigenvalue weighted by Crippen LogP contribution is 2.36. The molecule has 0 aromatic rings. The summed E-state index contributed by atoms with van der Waals surface area (Å²) in [4.78, 5) is 0. The van der Waals surface area contributed by atoms with Gasteiger partial charge < -0.3 is 0 Å². The van der Waals surface area contributed by atoms with Crippen molar-refractivity contribution in [2.45, 2.75) is 64.7 Å². The van der Waals surface area contributed by atoms with Crippen molar-refractivity contribution in [1.29, 1.82) is 0 Å². The Bertz CT molecular complexity index is 194. The molecule has 0 N–H and O–H groups in total. The molecule has 0 nitrogen and oxygen atoms in total. The highest BCUT2D eigenvalue weighted by molar-refractivity contribution is 5.08. The van der Waals surface area contributed by atoms with Crippen LogP contribution in [0.15, 0.2) is 11.6 Å². The smallest absolute Gasteiger partial charge is 0.0292 e. The van der Waals surface area contributed by atoms with Gasteiger partial charge in [-0.05, 0) is 50.4 Å². The fraction of sp³-hybridized carbons (Fsp3) is 0.857. The molecule has 0 bridgehead atoms. The second kappa shape index (κ2) is 5.00. The second-order valence-electron chi connectivity index (χ2n) is 5.25. The van der Waals surface area contributed by atoms with Crippen LogP contribution in [0.4, 0.5) is 0 Å². The third kappa shape index (κ3) is 2.62. The van der Waals surface area contributed by atoms with Crippen LogP contribution in [-0.4, -0.2) is 0 Å². The minimum absolute atomic E-state index is 1.04. The lowest BCUT2D eigenvalue weighted by Crippen LogP contribution is -2.14. The van der Waals surface area contributed by atoms with E-state index >= 15 is 0 Å². The molecule has 0 heterocycles. The molecule has 0 saturated heterocycles. The van der Waals surface area contributed by atoms with E-state index in [1.807, 2.05) is 0 Å². The van der Waals surface area contributed by atoms with Crippen LogP contribution in [0.3, 0.4) is 0 Å². The van der Waals surface area contributed by atoms with Crippen molar-refractivity contribution in [2.75, 3.05) is 0 Å². The summed E-state index contributed by atoms with van der Waals surface area (Å²) in [5, 5.41) is 0. The SMILES string of the molecule is CCC1CCC(CC2=CCCC2)CC1. The Balaban J connectivity index is 1.72. The van der Waals surface area contributed by atoms with Crippen molar-refractivity contribution < 1.29 is 0 Å². The lowest BCUT2D eigenvalue weighted by molar-refractivity contribution is 0.267. The van der Waals surface area contributed by atoms with Gasteiger partial charge in [-0.3, -0.25) is 0 Å². The van der Waals surface area contributed by atoms with E-state index in [4.69, 9.17) is 0 Å². The zero-order chi connectivity index (χ0) is 9.80. The maximum Gasteiger partial charge on any atom is -0.0292 e. The molecule has 0 radical (unpaired) electrons. The first-order chi connectivity index (χ1) is 6.88. The van der Waals surface area contributed by atoms with Crippen molar-refractivity contribution in [3.8, 4) is 0 Å². The average molecular weight is 192 g/mol. The summed E-state index contributed by atoms with van der Waals surface area (Å²) in [7, 11) is 0. The van der Waals surface area contributed by atoms with Crippen LogP contribution >= 0.6 is 0 Å². The molecule has 0 heteroatoms. The van der Waals surface area contributed by atoms with Crippen molar-refractivity contribution in [2.24, 2.45) is 11.8 Å². The lowest BCUT2D eigenvalue weighted by atomic mass is 9.78. The van der Waals surface area contributed by atoms with Gasteiger partial charge in [0.2, 0.25) is 0 Å². The molecular formula is C14H24. The van der Waals surface area contributed by atoms with Gasteiger partial charge >= 0.3 is 0 Å². The fourth-order valence-corrected chi connectivity index (χ4v) is 3.14. The van der Waals surface area contributed by atoms with Gasteiger partial charge in [0.1, 0.15) is 0 Å². The topological polar surface area (TPSA) is 0 Å². The first-order valence-corrected chi connectivity index (χ1v) is 6.56. The van der Waals surface area contributed by atoms with Crippen molar-refractivity contribution >= 4 is 0 Å². The van der Waals surface area contributed by atoms with Gasteiger partial charge in [-0.1, -0.05) is 37.8 Å². The van der Waals surface area contributed by atoms with Crippen LogP contribution in [-0.2, 0) is 0 Å². The largest absolute Gasteiger partial charge is 0.0853 e.